The third-order valence-corrected chi connectivity index (χ3v) is 10.8. The van der Waals surface area contributed by atoms with Gasteiger partial charge in [-0.25, -0.2) is 4.79 Å². The zero-order chi connectivity index (χ0) is 38.3. The molecule has 0 aliphatic carbocycles. The second-order valence-electron chi connectivity index (χ2n) is 12.9. The number of alkyl halides is 2. The van der Waals surface area contributed by atoms with Crippen molar-refractivity contribution >= 4 is 52.9 Å². The number of rotatable bonds is 12. The maximum Gasteiger partial charge on any atom is 0.338 e. The molecule has 0 amide bonds. The average molecular weight is 820 g/mol. The lowest BCUT2D eigenvalue weighted by Crippen LogP contribution is -2.68. The van der Waals surface area contributed by atoms with Crippen LogP contribution in [0.2, 0.25) is 0 Å². The van der Waals surface area contributed by atoms with Crippen LogP contribution in [-0.4, -0.2) is 109 Å². The van der Waals surface area contributed by atoms with Gasteiger partial charge >= 0.3 is 17.9 Å². The van der Waals surface area contributed by atoms with Crippen LogP contribution in [0, 0.1) is 0 Å². The number of halogens is 2. The zero-order valence-corrected chi connectivity index (χ0v) is 31.9. The number of carbonyl (C=O) groups excluding carboxylic acids is 3. The molecule has 0 bridgehead atoms. The molecule has 4 heterocycles. The Morgan fingerprint density at radius 1 is 0.636 bits per heavy atom. The van der Waals surface area contributed by atoms with Crippen LogP contribution in [0.4, 0.5) is 0 Å². The van der Waals surface area contributed by atoms with Crippen molar-refractivity contribution in [2.24, 2.45) is 0 Å². The fourth-order valence-electron chi connectivity index (χ4n) is 6.89. The summed E-state index contributed by atoms with van der Waals surface area (Å²) in [6.45, 7) is 2.04. The smallest absolute Gasteiger partial charge is 0.338 e. The van der Waals surface area contributed by atoms with Crippen LogP contribution in [0.3, 0.4) is 0 Å². The Labute approximate surface area is 332 Å². The lowest BCUT2D eigenvalue weighted by atomic mass is 9.95. The molecule has 55 heavy (non-hydrogen) atoms. The summed E-state index contributed by atoms with van der Waals surface area (Å²) in [6, 6.07) is 27.0. The van der Waals surface area contributed by atoms with E-state index in [4.69, 9.17) is 70.6 Å². The first kappa shape index (κ1) is 39.9. The molecule has 12 atom stereocenters. The number of hydrogen-bond donors (Lipinski definition) is 0. The van der Waals surface area contributed by atoms with Crippen LogP contribution in [0.15, 0.2) is 91.0 Å². The zero-order valence-electron chi connectivity index (χ0n) is 29.6. The van der Waals surface area contributed by atoms with Gasteiger partial charge in [0, 0.05) is 11.1 Å². The predicted octanol–water partition coefficient (Wildman–Crippen LogP) is 5.33. The quantitative estimate of drug-likeness (QED) is 0.132. The number of benzene rings is 3. The minimum atomic E-state index is -1.46. The Morgan fingerprint density at radius 2 is 1.15 bits per heavy atom. The van der Waals surface area contributed by atoms with E-state index in [9.17, 15) is 14.4 Å². The largest absolute Gasteiger partial charge is 0.454 e. The van der Waals surface area contributed by atoms with Crippen molar-refractivity contribution in [2.75, 3.05) is 30.7 Å². The Balaban J connectivity index is 1.26. The normalized spacial score (nSPS) is 33.0. The van der Waals surface area contributed by atoms with E-state index < -0.39 is 103 Å². The maximum atomic E-state index is 13.7. The molecule has 0 N–H and O–H groups in total. The van der Waals surface area contributed by atoms with Crippen LogP contribution in [0.25, 0.3) is 0 Å². The van der Waals surface area contributed by atoms with E-state index >= 15 is 0 Å². The van der Waals surface area contributed by atoms with E-state index in [-0.39, 0.29) is 13.2 Å². The van der Waals surface area contributed by atoms with Crippen molar-refractivity contribution in [1.29, 1.82) is 0 Å². The average Bonchev–Trinajstić information content (AvgIpc) is 3.23. The Bertz CT molecular complexity index is 1730. The molecular formula is C39H40Cl2O13S. The van der Waals surface area contributed by atoms with Crippen molar-refractivity contribution in [3.8, 4) is 0 Å². The molecule has 4 saturated heterocycles. The molecule has 0 radical (unpaired) electrons. The lowest BCUT2D eigenvalue weighted by Gasteiger charge is -2.52. The molecule has 3 unspecified atom stereocenters. The van der Waals surface area contributed by atoms with Crippen molar-refractivity contribution in [2.45, 2.75) is 80.1 Å². The standard InChI is InChI=1S/C39H40Cl2O13S/c1-2-55-39-34(51-35(44)22-12-6-3-7-13-22)32(30-26(48-39)21-46-37(53-30)24-16-10-5-11-17-24)54-38-33(50-28(43)19-41)31(49-27(42)18-40)29-25(47-38)20-45-36(52-29)23-14-8-4-9-15-23/h3-17,25-26,29-34,36-39H,2,18-21H2,1H3/t25-,26-,29-,30-,31+,32+,33-,34-,36?,37?,38?,39+/m1/s1. The Hall–Kier alpha value is -3.28. The highest BCUT2D eigenvalue weighted by molar-refractivity contribution is 7.99. The highest BCUT2D eigenvalue weighted by Gasteiger charge is 2.58. The van der Waals surface area contributed by atoms with Gasteiger partial charge in [-0.15, -0.1) is 35.0 Å². The van der Waals surface area contributed by atoms with Crippen LogP contribution in [0.1, 0.15) is 41.0 Å². The number of esters is 3. The molecule has 0 aromatic heterocycles. The van der Waals surface area contributed by atoms with Crippen molar-refractivity contribution < 1.29 is 61.8 Å². The van der Waals surface area contributed by atoms with Gasteiger partial charge in [0.2, 0.25) is 0 Å². The molecule has 16 heteroatoms. The van der Waals surface area contributed by atoms with Gasteiger partial charge in [-0.2, -0.15) is 0 Å². The molecule has 13 nitrogen and oxygen atoms in total. The first-order valence-electron chi connectivity index (χ1n) is 17.9. The highest BCUT2D eigenvalue weighted by Crippen LogP contribution is 2.43. The van der Waals surface area contributed by atoms with Gasteiger partial charge in [-0.1, -0.05) is 85.8 Å². The van der Waals surface area contributed by atoms with Gasteiger partial charge < -0.3 is 47.4 Å². The SMILES string of the molecule is CCS[C@@H]1O[C@@H]2COC(c3ccccc3)O[C@H]2[C@H](OC2O[C@@H]3COC(c4ccccc4)O[C@H]3[C@H](OC(=O)CCl)[C@H]2OC(=O)CCl)[C@H]1OC(=O)c1ccccc1. The molecule has 4 aliphatic rings. The number of hydrogen-bond acceptors (Lipinski definition) is 14. The van der Waals surface area contributed by atoms with Gasteiger partial charge in [-0.05, 0) is 17.9 Å². The minimum absolute atomic E-state index is 0.0177. The van der Waals surface area contributed by atoms with E-state index in [0.29, 0.717) is 16.9 Å². The van der Waals surface area contributed by atoms with E-state index in [1.54, 1.807) is 30.3 Å². The fourth-order valence-corrected chi connectivity index (χ4v) is 7.96. The summed E-state index contributed by atoms with van der Waals surface area (Å²) in [4.78, 5) is 39.6. The maximum absolute atomic E-state index is 13.7. The molecule has 3 aromatic rings. The number of carbonyl (C=O) groups is 3. The third-order valence-electron chi connectivity index (χ3n) is 9.34. The summed E-state index contributed by atoms with van der Waals surface area (Å²) in [5, 5.41) is 0. The second-order valence-corrected chi connectivity index (χ2v) is 14.8. The van der Waals surface area contributed by atoms with Crippen LogP contribution >= 0.6 is 35.0 Å². The van der Waals surface area contributed by atoms with E-state index in [1.165, 1.54) is 11.8 Å². The monoisotopic (exact) mass is 818 g/mol. The molecular weight excluding hydrogens is 779 g/mol. The summed E-state index contributed by atoms with van der Waals surface area (Å²) in [6.07, 6.45) is -11.6. The molecule has 3 aromatic carbocycles. The number of thioether (sulfide) groups is 1. The third kappa shape index (κ3) is 9.31. The number of fused-ring (bicyclic) bond motifs is 2. The summed E-state index contributed by atoms with van der Waals surface area (Å²) in [7, 11) is 0. The molecule has 0 spiro atoms. The summed E-state index contributed by atoms with van der Waals surface area (Å²) >= 11 is 13.3. The van der Waals surface area contributed by atoms with Gasteiger partial charge in [0.15, 0.2) is 37.2 Å². The molecule has 7 rings (SSSR count). The van der Waals surface area contributed by atoms with Crippen molar-refractivity contribution in [3.63, 3.8) is 0 Å². The van der Waals surface area contributed by atoms with E-state index in [2.05, 4.69) is 0 Å². The first-order chi connectivity index (χ1) is 26.9. The minimum Gasteiger partial charge on any atom is -0.454 e. The topological polar surface area (TPSA) is 144 Å². The lowest BCUT2D eigenvalue weighted by molar-refractivity contribution is -0.388. The van der Waals surface area contributed by atoms with Gasteiger partial charge in [-0.3, -0.25) is 9.59 Å². The van der Waals surface area contributed by atoms with Crippen LogP contribution < -0.4 is 0 Å². The summed E-state index contributed by atoms with van der Waals surface area (Å²) in [5.74, 6) is -2.71. The fraction of sp³-hybridized carbons (Fsp3) is 0.462. The van der Waals surface area contributed by atoms with E-state index in [1.807, 2.05) is 67.6 Å². The molecule has 294 valence electrons. The van der Waals surface area contributed by atoms with Gasteiger partial charge in [0.1, 0.15) is 47.7 Å². The van der Waals surface area contributed by atoms with Gasteiger partial charge in [0.05, 0.1) is 18.8 Å². The summed E-state index contributed by atoms with van der Waals surface area (Å²) < 4.78 is 63.0. The second kappa shape index (κ2) is 18.8. The molecule has 4 fully saturated rings. The van der Waals surface area contributed by atoms with E-state index in [0.717, 1.165) is 5.56 Å². The summed E-state index contributed by atoms with van der Waals surface area (Å²) in [5.41, 5.74) is 1.01. The molecule has 0 saturated carbocycles. The predicted molar refractivity (Wildman–Crippen MR) is 197 cm³/mol. The Morgan fingerprint density at radius 3 is 1.69 bits per heavy atom. The first-order valence-corrected chi connectivity index (χ1v) is 20.0. The van der Waals surface area contributed by atoms with Crippen LogP contribution in [-0.2, 0) is 57.0 Å². The van der Waals surface area contributed by atoms with Crippen LogP contribution in [0.5, 0.6) is 0 Å². The van der Waals surface area contributed by atoms with Gasteiger partial charge in [0.25, 0.3) is 0 Å². The highest BCUT2D eigenvalue weighted by atomic mass is 35.5. The Kier molecular flexibility index (Phi) is 13.6. The number of ether oxygens (including phenoxy) is 10. The van der Waals surface area contributed by atoms with Crippen molar-refractivity contribution in [1.82, 2.24) is 0 Å². The molecule has 4 aliphatic heterocycles. The van der Waals surface area contributed by atoms with Crippen molar-refractivity contribution in [3.05, 3.63) is 108 Å².